The van der Waals surface area contributed by atoms with Crippen molar-refractivity contribution in [2.24, 2.45) is 5.92 Å². The molecule has 2 heterocycles. The molecule has 0 aliphatic carbocycles. The number of hydrogen-bond acceptors (Lipinski definition) is 4. The average Bonchev–Trinajstić information content (AvgIpc) is 2.65. The Kier molecular flexibility index (Phi) is 6.64. The van der Waals surface area contributed by atoms with Gasteiger partial charge in [0.05, 0.1) is 17.5 Å². The first-order valence-corrected chi connectivity index (χ1v) is 9.87. The summed E-state index contributed by atoms with van der Waals surface area (Å²) in [7, 11) is 0. The lowest BCUT2D eigenvalue weighted by atomic mass is 9.97. The zero-order valence-corrected chi connectivity index (χ0v) is 16.9. The highest BCUT2D eigenvalue weighted by atomic mass is 19.1. The van der Waals surface area contributed by atoms with Crippen molar-refractivity contribution in [3.63, 3.8) is 0 Å². The molecule has 1 saturated heterocycles. The van der Waals surface area contributed by atoms with Gasteiger partial charge in [-0.15, -0.1) is 0 Å². The lowest BCUT2D eigenvalue weighted by molar-refractivity contribution is 0.123. The maximum Gasteiger partial charge on any atom is 0.233 e. The molecule has 1 aliphatic heterocycles. The predicted octanol–water partition coefficient (Wildman–Crippen LogP) is 4.10. The highest BCUT2D eigenvalue weighted by Gasteiger charge is 2.18. The molecule has 0 amide bonds. The van der Waals surface area contributed by atoms with Crippen LogP contribution in [-0.2, 0) is 6.42 Å². The van der Waals surface area contributed by atoms with Gasteiger partial charge in [0.2, 0.25) is 5.88 Å². The van der Waals surface area contributed by atoms with Gasteiger partial charge in [0.15, 0.2) is 0 Å². The fourth-order valence-corrected chi connectivity index (χ4v) is 3.19. The number of hydrogen-bond donors (Lipinski definition) is 0. The molecule has 1 aromatic heterocycles. The van der Waals surface area contributed by atoms with E-state index in [1.807, 2.05) is 33.0 Å². The van der Waals surface area contributed by atoms with E-state index >= 15 is 0 Å². The SMILES string of the molecule is CC(C)(C)Oc1cncc(CCN2CCC(C#Cc3ccccc3F)CC2)n1. The van der Waals surface area contributed by atoms with Crippen molar-refractivity contribution in [2.45, 2.75) is 45.6 Å². The number of halogens is 1. The number of likely N-dealkylation sites (tertiary alicyclic amines) is 1. The van der Waals surface area contributed by atoms with E-state index in [4.69, 9.17) is 4.74 Å². The molecule has 1 aromatic carbocycles. The second kappa shape index (κ2) is 9.16. The maximum absolute atomic E-state index is 13.7. The van der Waals surface area contributed by atoms with Gasteiger partial charge in [-0.05, 0) is 58.8 Å². The number of aromatic nitrogens is 2. The van der Waals surface area contributed by atoms with E-state index in [0.717, 1.165) is 44.6 Å². The molecule has 0 N–H and O–H groups in total. The Balaban J connectivity index is 1.46. The predicted molar refractivity (Wildman–Crippen MR) is 109 cm³/mol. The molecule has 3 rings (SSSR count). The van der Waals surface area contributed by atoms with Crippen molar-refractivity contribution >= 4 is 0 Å². The Hall–Kier alpha value is -2.45. The summed E-state index contributed by atoms with van der Waals surface area (Å²) in [6.07, 6.45) is 6.34. The van der Waals surface area contributed by atoms with E-state index in [1.54, 1.807) is 18.3 Å². The van der Waals surface area contributed by atoms with E-state index in [-0.39, 0.29) is 11.4 Å². The van der Waals surface area contributed by atoms with Gasteiger partial charge in [0, 0.05) is 25.1 Å². The van der Waals surface area contributed by atoms with Crippen LogP contribution in [0.15, 0.2) is 36.7 Å². The Morgan fingerprint density at radius 1 is 1.18 bits per heavy atom. The topological polar surface area (TPSA) is 38.2 Å². The summed E-state index contributed by atoms with van der Waals surface area (Å²) >= 11 is 0. The normalized spacial score (nSPS) is 15.7. The van der Waals surface area contributed by atoms with Gasteiger partial charge >= 0.3 is 0 Å². The first kappa shape index (κ1) is 20.3. The second-order valence-corrected chi connectivity index (χ2v) is 8.18. The molecule has 2 aromatic rings. The number of nitrogens with zero attached hydrogens (tertiary/aromatic N) is 3. The quantitative estimate of drug-likeness (QED) is 0.748. The minimum absolute atomic E-state index is 0.244. The summed E-state index contributed by atoms with van der Waals surface area (Å²) in [4.78, 5) is 11.2. The first-order chi connectivity index (χ1) is 13.4. The monoisotopic (exact) mass is 381 g/mol. The molecule has 0 radical (unpaired) electrons. The van der Waals surface area contributed by atoms with Crippen LogP contribution in [-0.4, -0.2) is 40.1 Å². The summed E-state index contributed by atoms with van der Waals surface area (Å²) < 4.78 is 19.4. The Morgan fingerprint density at radius 3 is 2.64 bits per heavy atom. The molecule has 148 valence electrons. The van der Waals surface area contributed by atoms with Gasteiger partial charge in [-0.3, -0.25) is 4.98 Å². The average molecular weight is 381 g/mol. The summed E-state index contributed by atoms with van der Waals surface area (Å²) in [5.41, 5.74) is 1.16. The lowest BCUT2D eigenvalue weighted by Gasteiger charge is -2.29. The first-order valence-electron chi connectivity index (χ1n) is 9.87. The van der Waals surface area contributed by atoms with E-state index in [9.17, 15) is 4.39 Å². The van der Waals surface area contributed by atoms with E-state index < -0.39 is 0 Å². The van der Waals surface area contributed by atoms with Crippen LogP contribution in [0.2, 0.25) is 0 Å². The van der Waals surface area contributed by atoms with Gasteiger partial charge in [0.25, 0.3) is 0 Å². The third kappa shape index (κ3) is 6.31. The van der Waals surface area contributed by atoms with E-state index in [0.29, 0.717) is 17.4 Å². The van der Waals surface area contributed by atoms with Crippen LogP contribution in [0.1, 0.15) is 44.9 Å². The summed E-state index contributed by atoms with van der Waals surface area (Å²) in [6, 6.07) is 6.70. The van der Waals surface area contributed by atoms with E-state index in [1.165, 1.54) is 6.07 Å². The van der Waals surface area contributed by atoms with Crippen molar-refractivity contribution in [1.82, 2.24) is 14.9 Å². The van der Waals surface area contributed by atoms with Crippen molar-refractivity contribution in [1.29, 1.82) is 0 Å². The van der Waals surface area contributed by atoms with Gasteiger partial charge in [-0.1, -0.05) is 24.0 Å². The fraction of sp³-hybridized carbons (Fsp3) is 0.478. The third-order valence-corrected chi connectivity index (χ3v) is 4.63. The zero-order valence-electron chi connectivity index (χ0n) is 16.9. The smallest absolute Gasteiger partial charge is 0.233 e. The highest BCUT2D eigenvalue weighted by Crippen LogP contribution is 2.18. The molecule has 0 bridgehead atoms. The van der Waals surface area contributed by atoms with Crippen LogP contribution >= 0.6 is 0 Å². The lowest BCUT2D eigenvalue weighted by Crippen LogP contribution is -2.35. The molecular formula is C23H28FN3O. The van der Waals surface area contributed by atoms with Gasteiger partial charge in [-0.2, -0.15) is 0 Å². The van der Waals surface area contributed by atoms with Crippen LogP contribution in [0.4, 0.5) is 4.39 Å². The fourth-order valence-electron chi connectivity index (χ4n) is 3.19. The number of benzene rings is 1. The van der Waals surface area contributed by atoms with Crippen LogP contribution in [0.3, 0.4) is 0 Å². The van der Waals surface area contributed by atoms with Crippen molar-refractivity contribution in [3.05, 3.63) is 53.7 Å². The van der Waals surface area contributed by atoms with Gasteiger partial charge in [0.1, 0.15) is 11.4 Å². The van der Waals surface area contributed by atoms with Crippen LogP contribution in [0, 0.1) is 23.6 Å². The number of piperidine rings is 1. The molecule has 0 unspecified atom stereocenters. The molecular weight excluding hydrogens is 353 g/mol. The van der Waals surface area contributed by atoms with Gasteiger partial charge < -0.3 is 9.64 Å². The minimum Gasteiger partial charge on any atom is -0.471 e. The second-order valence-electron chi connectivity index (χ2n) is 8.18. The summed E-state index contributed by atoms with van der Waals surface area (Å²) in [5.74, 6) is 6.92. The summed E-state index contributed by atoms with van der Waals surface area (Å²) in [5, 5.41) is 0. The maximum atomic E-state index is 13.7. The van der Waals surface area contributed by atoms with Crippen LogP contribution < -0.4 is 4.74 Å². The van der Waals surface area contributed by atoms with Crippen molar-refractivity contribution < 1.29 is 9.13 Å². The Morgan fingerprint density at radius 2 is 1.93 bits per heavy atom. The third-order valence-electron chi connectivity index (χ3n) is 4.63. The van der Waals surface area contributed by atoms with E-state index in [2.05, 4.69) is 26.7 Å². The molecule has 1 aliphatic rings. The van der Waals surface area contributed by atoms with Crippen LogP contribution in [0.25, 0.3) is 0 Å². The highest BCUT2D eigenvalue weighted by molar-refractivity contribution is 5.35. The molecule has 0 spiro atoms. The summed E-state index contributed by atoms with van der Waals surface area (Å²) in [6.45, 7) is 8.95. The molecule has 1 fully saturated rings. The number of ether oxygens (including phenoxy) is 1. The minimum atomic E-state index is -0.279. The molecule has 0 saturated carbocycles. The molecule has 5 heteroatoms. The Labute approximate surface area is 167 Å². The zero-order chi connectivity index (χ0) is 20.0. The molecule has 0 atom stereocenters. The van der Waals surface area contributed by atoms with Crippen molar-refractivity contribution in [2.75, 3.05) is 19.6 Å². The molecule has 4 nitrogen and oxygen atoms in total. The van der Waals surface area contributed by atoms with Crippen molar-refractivity contribution in [3.8, 4) is 17.7 Å². The number of rotatable bonds is 4. The largest absolute Gasteiger partial charge is 0.471 e. The van der Waals surface area contributed by atoms with Gasteiger partial charge in [-0.25, -0.2) is 9.37 Å². The Bertz CT molecular complexity index is 843. The standard InChI is InChI=1S/C23H28FN3O/c1-23(2,3)28-22-17-25-16-20(26-22)12-15-27-13-10-18(11-14-27)8-9-19-6-4-5-7-21(19)24/h4-7,16-18H,10-15H2,1-3H3. The molecule has 28 heavy (non-hydrogen) atoms. The van der Waals surface area contributed by atoms with Crippen LogP contribution in [0.5, 0.6) is 5.88 Å².